The molecule has 1 saturated heterocycles. The number of phosphoric acid groups is 1. The topological polar surface area (TPSA) is 162 Å². The molecule has 0 aliphatic carbocycles. The second-order valence-electron chi connectivity index (χ2n) is 6.38. The van der Waals surface area contributed by atoms with Crippen molar-refractivity contribution in [3.05, 3.63) is 52.6 Å². The lowest BCUT2D eigenvalue weighted by atomic mass is 10.1. The van der Waals surface area contributed by atoms with E-state index in [0.29, 0.717) is 11.3 Å². The monoisotopic (exact) mass is 427 g/mol. The zero-order valence-electron chi connectivity index (χ0n) is 14.8. The molecule has 0 amide bonds. The Morgan fingerprint density at radius 2 is 2.07 bits per heavy atom. The number of phosphoric ester groups is 1. The van der Waals surface area contributed by atoms with Crippen molar-refractivity contribution in [2.75, 3.05) is 12.1 Å². The van der Waals surface area contributed by atoms with Gasteiger partial charge in [-0.15, -0.1) is 0 Å². The van der Waals surface area contributed by atoms with Gasteiger partial charge in [-0.05, 0) is 12.1 Å². The van der Waals surface area contributed by atoms with E-state index in [0.717, 1.165) is 4.57 Å². The van der Waals surface area contributed by atoms with Gasteiger partial charge in [-0.1, -0.05) is 18.2 Å². The van der Waals surface area contributed by atoms with E-state index in [1.165, 1.54) is 12.3 Å². The molecular weight excluding hydrogens is 409 g/mol. The third kappa shape index (κ3) is 3.91. The normalized spacial score (nSPS) is 31.1. The van der Waals surface area contributed by atoms with Gasteiger partial charge >= 0.3 is 13.5 Å². The Balaban J connectivity index is 1.44. The highest BCUT2D eigenvalue weighted by Crippen LogP contribution is 2.54. The maximum absolute atomic E-state index is 12.7. The minimum atomic E-state index is -3.95. The van der Waals surface area contributed by atoms with Crippen LogP contribution >= 0.6 is 7.82 Å². The van der Waals surface area contributed by atoms with Crippen LogP contribution < -0.4 is 15.7 Å². The highest BCUT2D eigenvalue weighted by atomic mass is 31.2. The second kappa shape index (κ2) is 7.84. The van der Waals surface area contributed by atoms with Crippen molar-refractivity contribution < 1.29 is 38.3 Å². The lowest BCUT2D eigenvalue weighted by molar-refractivity contribution is -0.0553. The molecule has 0 radical (unpaired) electrons. The van der Waals surface area contributed by atoms with Crippen LogP contribution in [0.15, 0.2) is 41.3 Å². The van der Waals surface area contributed by atoms with Crippen LogP contribution in [-0.4, -0.2) is 49.9 Å². The van der Waals surface area contributed by atoms with Crippen LogP contribution in [0.4, 0.5) is 5.82 Å². The molecule has 1 fully saturated rings. The Labute approximate surface area is 163 Å². The molecule has 2 aliphatic rings. The summed E-state index contributed by atoms with van der Waals surface area (Å²) in [4.78, 5) is 15.6. The van der Waals surface area contributed by atoms with Gasteiger partial charge in [-0.2, -0.15) is 4.98 Å². The van der Waals surface area contributed by atoms with E-state index < -0.39 is 44.7 Å². The number of fused-ring (bicyclic) bond motifs is 1. The van der Waals surface area contributed by atoms with Crippen LogP contribution in [-0.2, 0) is 25.0 Å². The Hall–Kier alpha value is -2.31. The van der Waals surface area contributed by atoms with Crippen molar-refractivity contribution in [3.8, 4) is 5.75 Å². The summed E-state index contributed by atoms with van der Waals surface area (Å²) in [5, 5.41) is 29.3. The van der Waals surface area contributed by atoms with Gasteiger partial charge in [-0.3, -0.25) is 24.3 Å². The van der Waals surface area contributed by atoms with Gasteiger partial charge in [0.15, 0.2) is 12.0 Å². The SMILES string of the molecule is O=c1nc(NO)ccn1[C@@H]1O[C@H](COP2(=O)OCc3ccccc3O2)[C@H](O)C1O. The largest absolute Gasteiger partial charge is 0.530 e. The summed E-state index contributed by atoms with van der Waals surface area (Å²) < 4.78 is 34.9. The molecule has 0 bridgehead atoms. The molecule has 1 aromatic carbocycles. The summed E-state index contributed by atoms with van der Waals surface area (Å²) in [7, 11) is -3.95. The number of nitrogens with one attached hydrogen (secondary N) is 1. The number of aliphatic hydroxyl groups is 2. The number of para-hydroxylation sites is 1. The van der Waals surface area contributed by atoms with Crippen LogP contribution in [0.1, 0.15) is 11.8 Å². The number of aromatic nitrogens is 2. The average molecular weight is 427 g/mol. The molecule has 13 heteroatoms. The van der Waals surface area contributed by atoms with Crippen molar-refractivity contribution >= 4 is 13.6 Å². The molecule has 4 rings (SSSR count). The fourth-order valence-electron chi connectivity index (χ4n) is 3.00. The van der Waals surface area contributed by atoms with E-state index in [4.69, 9.17) is 23.5 Å². The quantitative estimate of drug-likeness (QED) is 0.386. The molecule has 1 aromatic heterocycles. The summed E-state index contributed by atoms with van der Waals surface area (Å²) in [5.74, 6) is 0.271. The minimum Gasteiger partial charge on any atom is -0.404 e. The van der Waals surface area contributed by atoms with Crippen molar-refractivity contribution in [2.24, 2.45) is 0 Å². The Morgan fingerprint density at radius 1 is 1.28 bits per heavy atom. The minimum absolute atomic E-state index is 0.0269. The molecule has 0 spiro atoms. The zero-order valence-corrected chi connectivity index (χ0v) is 15.7. The number of ether oxygens (including phenoxy) is 1. The van der Waals surface area contributed by atoms with Gasteiger partial charge in [0, 0.05) is 11.8 Å². The van der Waals surface area contributed by atoms with Crippen LogP contribution in [0.3, 0.4) is 0 Å². The number of nitrogens with zero attached hydrogens (tertiary/aromatic N) is 2. The standard InChI is InChI=1S/C16H18N3O9P/c20-13-11(8-26-29(24)25-7-9-3-1-2-4-10(9)28-29)27-15(14(13)21)19-6-5-12(18-23)17-16(19)22/h1-6,11,13-15,20-21,23H,7-8H2,(H,17,18,22)/t11-,13+,14?,15-,29?/m1/s1. The Bertz CT molecular complexity index is 1000. The van der Waals surface area contributed by atoms with Crippen molar-refractivity contribution in [3.63, 3.8) is 0 Å². The fraction of sp³-hybridized carbons (Fsp3) is 0.375. The lowest BCUT2D eigenvalue weighted by Gasteiger charge is -2.25. The maximum atomic E-state index is 12.7. The van der Waals surface area contributed by atoms with E-state index in [9.17, 15) is 19.6 Å². The molecule has 5 atom stereocenters. The summed E-state index contributed by atoms with van der Waals surface area (Å²) in [6.45, 7) is -0.397. The molecule has 2 aromatic rings. The first kappa shape index (κ1) is 20.0. The molecule has 2 unspecified atom stereocenters. The third-order valence-corrected chi connectivity index (χ3v) is 5.84. The van der Waals surface area contributed by atoms with Gasteiger partial charge in [-0.25, -0.2) is 9.36 Å². The fourth-order valence-corrected chi connectivity index (χ4v) is 4.23. The first-order chi connectivity index (χ1) is 13.9. The molecule has 4 N–H and O–H groups in total. The number of anilines is 1. The van der Waals surface area contributed by atoms with E-state index >= 15 is 0 Å². The van der Waals surface area contributed by atoms with E-state index in [-0.39, 0.29) is 12.4 Å². The smallest absolute Gasteiger partial charge is 0.404 e. The van der Waals surface area contributed by atoms with Crippen molar-refractivity contribution in [2.45, 2.75) is 31.1 Å². The number of benzene rings is 1. The van der Waals surface area contributed by atoms with Gasteiger partial charge in [0.25, 0.3) is 0 Å². The van der Waals surface area contributed by atoms with Gasteiger partial charge in [0.2, 0.25) is 0 Å². The predicted octanol–water partition coefficient (Wildman–Crippen LogP) is 0.397. The summed E-state index contributed by atoms with van der Waals surface area (Å²) >= 11 is 0. The second-order valence-corrected chi connectivity index (χ2v) is 7.97. The number of aliphatic hydroxyl groups excluding tert-OH is 2. The number of rotatable bonds is 5. The molecular formula is C16H18N3O9P. The van der Waals surface area contributed by atoms with Crippen molar-refractivity contribution in [1.29, 1.82) is 0 Å². The summed E-state index contributed by atoms with van der Waals surface area (Å²) in [5.41, 5.74) is 1.61. The third-order valence-electron chi connectivity index (χ3n) is 4.51. The number of hydrogen-bond acceptors (Lipinski definition) is 11. The molecule has 156 valence electrons. The van der Waals surface area contributed by atoms with E-state index in [2.05, 4.69) is 4.98 Å². The van der Waals surface area contributed by atoms with Gasteiger partial charge in [0.1, 0.15) is 24.1 Å². The highest BCUT2D eigenvalue weighted by Gasteiger charge is 2.46. The number of hydrogen-bond donors (Lipinski definition) is 4. The Morgan fingerprint density at radius 3 is 2.83 bits per heavy atom. The summed E-state index contributed by atoms with van der Waals surface area (Å²) in [6.07, 6.45) is -4.07. The molecule has 29 heavy (non-hydrogen) atoms. The first-order valence-corrected chi connectivity index (χ1v) is 10.0. The van der Waals surface area contributed by atoms with Crippen LogP contribution in [0.2, 0.25) is 0 Å². The maximum Gasteiger partial charge on any atom is 0.530 e. The van der Waals surface area contributed by atoms with E-state index in [1.54, 1.807) is 29.7 Å². The molecule has 12 nitrogen and oxygen atoms in total. The first-order valence-electron chi connectivity index (χ1n) is 8.58. The summed E-state index contributed by atoms with van der Waals surface area (Å²) in [6, 6.07) is 8.15. The van der Waals surface area contributed by atoms with Crippen LogP contribution in [0, 0.1) is 0 Å². The molecule has 3 heterocycles. The molecule has 2 aliphatic heterocycles. The lowest BCUT2D eigenvalue weighted by Crippen LogP contribution is -2.36. The van der Waals surface area contributed by atoms with Gasteiger partial charge in [0.05, 0.1) is 13.2 Å². The van der Waals surface area contributed by atoms with Gasteiger partial charge < -0.3 is 19.5 Å². The van der Waals surface area contributed by atoms with E-state index in [1.807, 2.05) is 0 Å². The van der Waals surface area contributed by atoms with Crippen LogP contribution in [0.5, 0.6) is 5.75 Å². The van der Waals surface area contributed by atoms with Crippen molar-refractivity contribution in [1.82, 2.24) is 9.55 Å². The molecule has 0 saturated carbocycles. The average Bonchev–Trinajstić information content (AvgIpc) is 3.00. The Kier molecular flexibility index (Phi) is 5.40. The predicted molar refractivity (Wildman–Crippen MR) is 95.2 cm³/mol. The van der Waals surface area contributed by atoms with Crippen LogP contribution in [0.25, 0.3) is 0 Å². The zero-order chi connectivity index (χ0) is 20.6. The highest BCUT2D eigenvalue weighted by molar-refractivity contribution is 7.49.